The zero-order valence-corrected chi connectivity index (χ0v) is 8.08. The first-order valence-electron chi connectivity index (χ1n) is 5.12. The maximum absolute atomic E-state index is 11.3. The average molecular weight is 183 g/mol. The van der Waals surface area contributed by atoms with Gasteiger partial charge < -0.3 is 10.1 Å². The van der Waals surface area contributed by atoms with Crippen molar-refractivity contribution in [1.82, 2.24) is 5.32 Å². The van der Waals surface area contributed by atoms with Gasteiger partial charge in [-0.15, -0.1) is 0 Å². The molecule has 0 aromatic carbocycles. The summed E-state index contributed by atoms with van der Waals surface area (Å²) in [6, 6.07) is 0.581. The van der Waals surface area contributed by atoms with E-state index in [1.165, 1.54) is 20.0 Å². The summed E-state index contributed by atoms with van der Waals surface area (Å²) < 4.78 is 4.77. The van der Waals surface area contributed by atoms with Gasteiger partial charge in [-0.2, -0.15) is 0 Å². The van der Waals surface area contributed by atoms with Crippen LogP contribution in [0.4, 0.5) is 0 Å². The van der Waals surface area contributed by atoms with E-state index in [-0.39, 0.29) is 11.9 Å². The molecule has 2 fully saturated rings. The summed E-state index contributed by atoms with van der Waals surface area (Å²) in [6.07, 6.45) is 4.49. The van der Waals surface area contributed by atoms with Gasteiger partial charge >= 0.3 is 5.97 Å². The number of carbonyl (C=O) groups excluding carboxylic acids is 1. The Balaban J connectivity index is 1.93. The minimum absolute atomic E-state index is 0.0212. The Labute approximate surface area is 78.8 Å². The zero-order valence-electron chi connectivity index (χ0n) is 8.08. The van der Waals surface area contributed by atoms with Crippen molar-refractivity contribution in [2.75, 3.05) is 13.7 Å². The van der Waals surface area contributed by atoms with Crippen molar-refractivity contribution in [3.8, 4) is 0 Å². The van der Waals surface area contributed by atoms with Crippen LogP contribution in [0.25, 0.3) is 0 Å². The fraction of sp³-hybridized carbons (Fsp3) is 0.900. The Morgan fingerprint density at radius 2 is 2.23 bits per heavy atom. The summed E-state index contributed by atoms with van der Waals surface area (Å²) >= 11 is 0. The first-order valence-corrected chi connectivity index (χ1v) is 5.12. The largest absolute Gasteiger partial charge is 0.469 e. The van der Waals surface area contributed by atoms with Crippen LogP contribution in [0.1, 0.15) is 25.7 Å². The van der Waals surface area contributed by atoms with Gasteiger partial charge in [-0.3, -0.25) is 4.79 Å². The summed E-state index contributed by atoms with van der Waals surface area (Å²) in [4.78, 5) is 11.3. The van der Waals surface area contributed by atoms with Crippen molar-refractivity contribution < 1.29 is 9.53 Å². The number of rotatable bonds is 1. The van der Waals surface area contributed by atoms with Crippen LogP contribution in [0.3, 0.4) is 0 Å². The van der Waals surface area contributed by atoms with E-state index in [4.69, 9.17) is 4.74 Å². The first-order chi connectivity index (χ1) is 6.31. The van der Waals surface area contributed by atoms with E-state index >= 15 is 0 Å². The van der Waals surface area contributed by atoms with Gasteiger partial charge in [0.25, 0.3) is 0 Å². The Bertz CT molecular complexity index is 205. The molecule has 0 amide bonds. The Morgan fingerprint density at radius 3 is 3.00 bits per heavy atom. The van der Waals surface area contributed by atoms with Gasteiger partial charge in [0.15, 0.2) is 0 Å². The molecule has 1 saturated heterocycles. The molecule has 3 nitrogen and oxygen atoms in total. The number of nitrogens with one attached hydrogen (secondary N) is 1. The van der Waals surface area contributed by atoms with Crippen molar-refractivity contribution in [1.29, 1.82) is 0 Å². The molecule has 1 N–H and O–H groups in total. The number of ether oxygens (including phenoxy) is 1. The minimum Gasteiger partial charge on any atom is -0.469 e. The summed E-state index contributed by atoms with van der Waals surface area (Å²) in [5, 5.41) is 3.46. The molecule has 0 aromatic rings. The fourth-order valence-electron chi connectivity index (χ4n) is 2.66. The molecule has 1 aliphatic heterocycles. The lowest BCUT2D eigenvalue weighted by molar-refractivity contribution is -0.147. The first kappa shape index (κ1) is 9.00. The van der Waals surface area contributed by atoms with E-state index in [0.29, 0.717) is 6.04 Å². The highest BCUT2D eigenvalue weighted by molar-refractivity contribution is 5.72. The number of fused-ring (bicyclic) bond motifs is 1. The third-order valence-electron chi connectivity index (χ3n) is 3.45. The number of hydrogen-bond donors (Lipinski definition) is 1. The van der Waals surface area contributed by atoms with Gasteiger partial charge in [-0.05, 0) is 38.1 Å². The minimum atomic E-state index is -0.0212. The Morgan fingerprint density at radius 1 is 1.38 bits per heavy atom. The lowest BCUT2D eigenvalue weighted by Crippen LogP contribution is -2.36. The number of esters is 1. The molecule has 0 unspecified atom stereocenters. The van der Waals surface area contributed by atoms with Crippen LogP contribution in [-0.4, -0.2) is 25.7 Å². The molecular weight excluding hydrogens is 166 g/mol. The maximum Gasteiger partial charge on any atom is 0.308 e. The molecule has 3 heteroatoms. The smallest absolute Gasteiger partial charge is 0.308 e. The molecule has 2 aliphatic rings. The molecule has 1 aliphatic carbocycles. The molecule has 0 radical (unpaired) electrons. The summed E-state index contributed by atoms with van der Waals surface area (Å²) in [7, 11) is 1.48. The van der Waals surface area contributed by atoms with Crippen LogP contribution in [0.2, 0.25) is 0 Å². The van der Waals surface area contributed by atoms with E-state index in [0.717, 1.165) is 25.3 Å². The Hall–Kier alpha value is -0.570. The van der Waals surface area contributed by atoms with Gasteiger partial charge in [0, 0.05) is 6.04 Å². The fourth-order valence-corrected chi connectivity index (χ4v) is 2.66. The molecule has 0 spiro atoms. The van der Waals surface area contributed by atoms with E-state index < -0.39 is 0 Å². The summed E-state index contributed by atoms with van der Waals surface area (Å²) in [6.45, 7) is 1.13. The number of hydrogen-bond acceptors (Lipinski definition) is 3. The number of methoxy groups -OCH3 is 1. The van der Waals surface area contributed by atoms with Crippen LogP contribution in [0, 0.1) is 11.8 Å². The van der Waals surface area contributed by atoms with Crippen LogP contribution in [0.5, 0.6) is 0 Å². The highest BCUT2D eigenvalue weighted by atomic mass is 16.5. The number of carbonyl (C=O) groups is 1. The van der Waals surface area contributed by atoms with Gasteiger partial charge in [0.2, 0.25) is 0 Å². The summed E-state index contributed by atoms with van der Waals surface area (Å²) in [5.41, 5.74) is 0. The molecule has 0 aromatic heterocycles. The molecule has 0 bridgehead atoms. The van der Waals surface area contributed by atoms with E-state index in [1.54, 1.807) is 0 Å². The standard InChI is InChI=1S/C10H17NO2/c1-13-10(12)8-3-2-7-4-5-11-9(7)6-8/h7-9,11H,2-6H2,1H3/t7-,8+,9-/m0/s1. The molecule has 13 heavy (non-hydrogen) atoms. The van der Waals surface area contributed by atoms with Crippen LogP contribution < -0.4 is 5.32 Å². The van der Waals surface area contributed by atoms with Crippen molar-refractivity contribution in [2.24, 2.45) is 11.8 Å². The maximum atomic E-state index is 11.3. The SMILES string of the molecule is COC(=O)[C@@H]1CC[C@H]2CCN[C@H]2C1. The highest BCUT2D eigenvalue weighted by Gasteiger charge is 2.36. The molecule has 2 rings (SSSR count). The molecule has 1 saturated carbocycles. The van der Waals surface area contributed by atoms with Crippen molar-refractivity contribution in [3.63, 3.8) is 0 Å². The van der Waals surface area contributed by atoms with E-state index in [1.807, 2.05) is 0 Å². The average Bonchev–Trinajstić information content (AvgIpc) is 2.63. The predicted molar refractivity (Wildman–Crippen MR) is 49.3 cm³/mol. The molecule has 1 heterocycles. The predicted octanol–water partition coefficient (Wildman–Crippen LogP) is 0.938. The van der Waals surface area contributed by atoms with Crippen molar-refractivity contribution >= 4 is 5.97 Å². The molecule has 3 atom stereocenters. The molecule has 74 valence electrons. The third-order valence-corrected chi connectivity index (χ3v) is 3.45. The van der Waals surface area contributed by atoms with E-state index in [9.17, 15) is 4.79 Å². The monoisotopic (exact) mass is 183 g/mol. The van der Waals surface area contributed by atoms with Gasteiger partial charge in [0.1, 0.15) is 0 Å². The highest BCUT2D eigenvalue weighted by Crippen LogP contribution is 2.34. The summed E-state index contributed by atoms with van der Waals surface area (Å²) in [5.74, 6) is 0.949. The topological polar surface area (TPSA) is 38.3 Å². The quantitative estimate of drug-likeness (QED) is 0.615. The second-order valence-corrected chi connectivity index (χ2v) is 4.14. The van der Waals surface area contributed by atoms with E-state index in [2.05, 4.69) is 5.32 Å². The third kappa shape index (κ3) is 1.70. The lowest BCUT2D eigenvalue weighted by atomic mass is 9.79. The van der Waals surface area contributed by atoms with Crippen molar-refractivity contribution in [2.45, 2.75) is 31.7 Å². The lowest BCUT2D eigenvalue weighted by Gasteiger charge is -2.29. The van der Waals surface area contributed by atoms with Gasteiger partial charge in [-0.25, -0.2) is 0 Å². The zero-order chi connectivity index (χ0) is 9.26. The second kappa shape index (κ2) is 3.66. The van der Waals surface area contributed by atoms with Crippen LogP contribution in [-0.2, 0) is 9.53 Å². The Kier molecular flexibility index (Phi) is 2.54. The van der Waals surface area contributed by atoms with Gasteiger partial charge in [0.05, 0.1) is 13.0 Å². The molecular formula is C10H17NO2. The van der Waals surface area contributed by atoms with Crippen molar-refractivity contribution in [3.05, 3.63) is 0 Å². The van der Waals surface area contributed by atoms with Crippen LogP contribution in [0.15, 0.2) is 0 Å². The van der Waals surface area contributed by atoms with Crippen LogP contribution >= 0.6 is 0 Å². The normalized spacial score (nSPS) is 38.4. The second-order valence-electron chi connectivity index (χ2n) is 4.14. The van der Waals surface area contributed by atoms with Gasteiger partial charge in [-0.1, -0.05) is 0 Å².